The second-order valence-corrected chi connectivity index (χ2v) is 10.6. The summed E-state index contributed by atoms with van der Waals surface area (Å²) in [6.07, 6.45) is 6.79. The number of anilines is 1. The molecule has 184 valence electrons. The highest BCUT2D eigenvalue weighted by molar-refractivity contribution is 7.89. The zero-order valence-corrected chi connectivity index (χ0v) is 20.2. The van der Waals surface area contributed by atoms with Crippen LogP contribution in [-0.2, 0) is 27.8 Å². The van der Waals surface area contributed by atoms with Crippen molar-refractivity contribution >= 4 is 21.9 Å². The lowest BCUT2D eigenvalue weighted by Crippen LogP contribution is -2.40. The summed E-state index contributed by atoms with van der Waals surface area (Å²) in [5.41, 5.74) is 1.76. The van der Waals surface area contributed by atoms with Gasteiger partial charge >= 0.3 is 6.03 Å². The van der Waals surface area contributed by atoms with Crippen molar-refractivity contribution in [2.75, 3.05) is 44.3 Å². The average Bonchev–Trinajstić information content (AvgIpc) is 3.17. The quantitative estimate of drug-likeness (QED) is 0.622. The average molecular weight is 488 g/mol. The van der Waals surface area contributed by atoms with Crippen LogP contribution in [-0.4, -0.2) is 63.1 Å². The Morgan fingerprint density at radius 1 is 0.853 bits per heavy atom. The molecule has 0 aliphatic carbocycles. The molecule has 0 bridgehead atoms. The van der Waals surface area contributed by atoms with Gasteiger partial charge in [0.1, 0.15) is 5.82 Å². The van der Waals surface area contributed by atoms with Gasteiger partial charge in [0.05, 0.1) is 18.1 Å². The second-order valence-electron chi connectivity index (χ2n) is 8.62. The molecule has 0 saturated carbocycles. The van der Waals surface area contributed by atoms with Gasteiger partial charge in [-0.2, -0.15) is 4.31 Å². The summed E-state index contributed by atoms with van der Waals surface area (Å²) in [5.74, 6) is 0.995. The molecule has 1 aromatic heterocycles. The number of rotatable bonds is 7. The first-order valence-electron chi connectivity index (χ1n) is 11.9. The predicted octanol–water partition coefficient (Wildman–Crippen LogP) is 2.48. The van der Waals surface area contributed by atoms with Crippen LogP contribution in [0.5, 0.6) is 0 Å². The van der Waals surface area contributed by atoms with Gasteiger partial charge in [-0.15, -0.1) is 0 Å². The van der Waals surface area contributed by atoms with Gasteiger partial charge in [0.25, 0.3) is 0 Å². The molecule has 2 saturated heterocycles. The van der Waals surface area contributed by atoms with E-state index in [-0.39, 0.29) is 10.9 Å². The monoisotopic (exact) mass is 487 g/mol. The number of nitrogens with one attached hydrogen (secondary N) is 2. The Labute approximate surface area is 201 Å². The fraction of sp³-hybridized carbons (Fsp3) is 0.500. The number of amides is 2. The number of aromatic nitrogens is 1. The molecule has 0 unspecified atom stereocenters. The fourth-order valence-corrected chi connectivity index (χ4v) is 5.56. The number of hydrogen-bond acceptors (Lipinski definition) is 6. The molecule has 34 heavy (non-hydrogen) atoms. The highest BCUT2D eigenvalue weighted by atomic mass is 32.2. The number of carbonyl (C=O) groups is 1. The first kappa shape index (κ1) is 24.4. The smallest absolute Gasteiger partial charge is 0.315 e. The van der Waals surface area contributed by atoms with Gasteiger partial charge in [0.15, 0.2) is 0 Å². The van der Waals surface area contributed by atoms with Crippen LogP contribution in [0.4, 0.5) is 10.6 Å². The number of morpholine rings is 1. The Balaban J connectivity index is 1.22. The van der Waals surface area contributed by atoms with Gasteiger partial charge in [-0.3, -0.25) is 0 Å². The zero-order chi connectivity index (χ0) is 23.8. The Morgan fingerprint density at radius 2 is 1.47 bits per heavy atom. The summed E-state index contributed by atoms with van der Waals surface area (Å²) in [5, 5.41) is 5.64. The van der Waals surface area contributed by atoms with E-state index >= 15 is 0 Å². The van der Waals surface area contributed by atoms with Crippen LogP contribution in [0.15, 0.2) is 47.5 Å². The van der Waals surface area contributed by atoms with E-state index in [9.17, 15) is 13.2 Å². The molecule has 0 radical (unpaired) electrons. The normalized spacial score (nSPS) is 17.7. The van der Waals surface area contributed by atoms with E-state index in [0.717, 1.165) is 30.0 Å². The lowest BCUT2D eigenvalue weighted by Gasteiger charge is -2.26. The van der Waals surface area contributed by atoms with E-state index < -0.39 is 10.0 Å². The molecule has 2 fully saturated rings. The Bertz CT molecular complexity index is 1030. The molecule has 0 spiro atoms. The molecule has 2 aliphatic rings. The maximum atomic E-state index is 12.7. The van der Waals surface area contributed by atoms with Gasteiger partial charge < -0.3 is 20.3 Å². The number of nitrogens with zero attached hydrogens (tertiary/aromatic N) is 3. The molecular weight excluding hydrogens is 454 g/mol. The van der Waals surface area contributed by atoms with E-state index in [0.29, 0.717) is 39.4 Å². The summed E-state index contributed by atoms with van der Waals surface area (Å²) in [7, 11) is -3.52. The topological polar surface area (TPSA) is 104 Å². The second kappa shape index (κ2) is 11.6. The highest BCUT2D eigenvalue weighted by Crippen LogP contribution is 2.18. The SMILES string of the molecule is O=C(NCc1ccc(S(=O)(=O)N2CCOCC2)cc1)NCc1ccc(N2CCCCCC2)nc1. The Hall–Kier alpha value is -2.69. The Kier molecular flexibility index (Phi) is 8.36. The van der Waals surface area contributed by atoms with Crippen molar-refractivity contribution < 1.29 is 17.9 Å². The summed E-state index contributed by atoms with van der Waals surface area (Å²) < 4.78 is 32.1. The zero-order valence-electron chi connectivity index (χ0n) is 19.4. The van der Waals surface area contributed by atoms with Crippen LogP contribution in [0.2, 0.25) is 0 Å². The third-order valence-corrected chi connectivity index (χ3v) is 8.09. The van der Waals surface area contributed by atoms with Crippen molar-refractivity contribution in [3.8, 4) is 0 Å². The molecule has 2 N–H and O–H groups in total. The number of sulfonamides is 1. The van der Waals surface area contributed by atoms with E-state index in [1.807, 2.05) is 18.3 Å². The van der Waals surface area contributed by atoms with Crippen molar-refractivity contribution in [2.45, 2.75) is 43.7 Å². The minimum Gasteiger partial charge on any atom is -0.379 e. The lowest BCUT2D eigenvalue weighted by atomic mass is 10.2. The number of hydrogen-bond donors (Lipinski definition) is 2. The number of benzene rings is 1. The van der Waals surface area contributed by atoms with Gasteiger partial charge in [-0.25, -0.2) is 18.2 Å². The number of ether oxygens (including phenoxy) is 1. The first-order chi connectivity index (χ1) is 16.5. The molecule has 2 amide bonds. The molecule has 2 aliphatic heterocycles. The Morgan fingerprint density at radius 3 is 2.09 bits per heavy atom. The highest BCUT2D eigenvalue weighted by Gasteiger charge is 2.26. The third kappa shape index (κ3) is 6.46. The minimum atomic E-state index is -3.52. The molecule has 4 rings (SSSR count). The summed E-state index contributed by atoms with van der Waals surface area (Å²) in [6.45, 7) is 4.33. The number of pyridine rings is 1. The van der Waals surface area contributed by atoms with E-state index in [4.69, 9.17) is 4.74 Å². The van der Waals surface area contributed by atoms with Crippen molar-refractivity contribution in [3.05, 3.63) is 53.7 Å². The van der Waals surface area contributed by atoms with Gasteiger partial charge in [-0.1, -0.05) is 31.0 Å². The van der Waals surface area contributed by atoms with Crippen molar-refractivity contribution in [3.63, 3.8) is 0 Å². The van der Waals surface area contributed by atoms with Gasteiger partial charge in [-0.05, 0) is 42.2 Å². The van der Waals surface area contributed by atoms with Crippen molar-refractivity contribution in [1.29, 1.82) is 0 Å². The maximum Gasteiger partial charge on any atom is 0.315 e. The third-order valence-electron chi connectivity index (χ3n) is 6.18. The largest absolute Gasteiger partial charge is 0.379 e. The molecule has 3 heterocycles. The molecule has 0 atom stereocenters. The fourth-order valence-electron chi connectivity index (χ4n) is 4.15. The minimum absolute atomic E-state index is 0.249. The van der Waals surface area contributed by atoms with E-state index in [1.54, 1.807) is 24.3 Å². The maximum absolute atomic E-state index is 12.7. The van der Waals surface area contributed by atoms with Gasteiger partial charge in [0, 0.05) is 45.5 Å². The molecular formula is C24H33N5O4S. The van der Waals surface area contributed by atoms with Crippen LogP contribution >= 0.6 is 0 Å². The van der Waals surface area contributed by atoms with Crippen LogP contribution in [0.3, 0.4) is 0 Å². The van der Waals surface area contributed by atoms with Crippen molar-refractivity contribution in [2.24, 2.45) is 0 Å². The standard InChI is InChI=1S/C24H33N5O4S/c30-24(27-19-21-7-10-23(25-18-21)28-11-3-1-2-4-12-28)26-17-20-5-8-22(9-6-20)34(31,32)29-13-15-33-16-14-29/h5-10,18H,1-4,11-17,19H2,(H2,26,27,30). The summed E-state index contributed by atoms with van der Waals surface area (Å²) >= 11 is 0. The van der Waals surface area contributed by atoms with E-state index in [2.05, 4.69) is 20.5 Å². The van der Waals surface area contributed by atoms with E-state index in [1.165, 1.54) is 30.0 Å². The van der Waals surface area contributed by atoms with Crippen LogP contribution < -0.4 is 15.5 Å². The van der Waals surface area contributed by atoms with Crippen LogP contribution in [0.1, 0.15) is 36.8 Å². The molecule has 1 aromatic carbocycles. The number of urea groups is 1. The summed E-state index contributed by atoms with van der Waals surface area (Å²) in [4.78, 5) is 19.4. The van der Waals surface area contributed by atoms with Crippen molar-refractivity contribution in [1.82, 2.24) is 19.9 Å². The predicted molar refractivity (Wildman–Crippen MR) is 130 cm³/mol. The molecule has 10 heteroatoms. The lowest BCUT2D eigenvalue weighted by molar-refractivity contribution is 0.0730. The molecule has 9 nitrogen and oxygen atoms in total. The van der Waals surface area contributed by atoms with Gasteiger partial charge in [0.2, 0.25) is 10.0 Å². The molecule has 2 aromatic rings. The first-order valence-corrected chi connectivity index (χ1v) is 13.3. The summed E-state index contributed by atoms with van der Waals surface area (Å²) in [6, 6.07) is 10.3. The van der Waals surface area contributed by atoms with Crippen LogP contribution in [0.25, 0.3) is 0 Å². The number of carbonyl (C=O) groups excluding carboxylic acids is 1. The van der Waals surface area contributed by atoms with Crippen LogP contribution in [0, 0.1) is 0 Å².